The van der Waals surface area contributed by atoms with E-state index in [-0.39, 0.29) is 5.91 Å². The summed E-state index contributed by atoms with van der Waals surface area (Å²) in [6.45, 7) is 7.99. The number of rotatable bonds is 4. The van der Waals surface area contributed by atoms with Crippen molar-refractivity contribution in [3.63, 3.8) is 0 Å². The molecule has 1 aliphatic heterocycles. The third-order valence-corrected chi connectivity index (χ3v) is 4.18. The molecule has 6 nitrogen and oxygen atoms in total. The van der Waals surface area contributed by atoms with Crippen molar-refractivity contribution in [3.05, 3.63) is 11.4 Å². The summed E-state index contributed by atoms with van der Waals surface area (Å²) in [7, 11) is 0. The molecular weight excluding hydrogens is 254 g/mol. The molecule has 2 rings (SSSR count). The molecule has 2 unspecified atom stereocenters. The predicted molar refractivity (Wildman–Crippen MR) is 79.5 cm³/mol. The fourth-order valence-electron chi connectivity index (χ4n) is 2.77. The number of hydrogen-bond donors (Lipinski definition) is 3. The van der Waals surface area contributed by atoms with E-state index in [1.165, 1.54) is 0 Å². The van der Waals surface area contributed by atoms with Crippen LogP contribution in [-0.2, 0) is 4.79 Å². The van der Waals surface area contributed by atoms with E-state index in [2.05, 4.69) is 27.3 Å². The summed E-state index contributed by atoms with van der Waals surface area (Å²) in [5.41, 5.74) is 8.27. The summed E-state index contributed by atoms with van der Waals surface area (Å²) in [6, 6.07) is 0.440. The van der Waals surface area contributed by atoms with Gasteiger partial charge in [-0.1, -0.05) is 0 Å². The zero-order valence-corrected chi connectivity index (χ0v) is 12.6. The van der Waals surface area contributed by atoms with Gasteiger partial charge in [0.05, 0.1) is 23.6 Å². The van der Waals surface area contributed by atoms with Crippen LogP contribution < -0.4 is 11.1 Å². The van der Waals surface area contributed by atoms with Gasteiger partial charge in [0.2, 0.25) is 5.91 Å². The molecule has 0 aliphatic carbocycles. The quantitative estimate of drug-likeness (QED) is 0.768. The van der Waals surface area contributed by atoms with Crippen molar-refractivity contribution in [2.24, 2.45) is 11.7 Å². The Morgan fingerprint density at radius 3 is 2.85 bits per heavy atom. The minimum atomic E-state index is 0.0159. The molecule has 0 spiro atoms. The number of piperidine rings is 1. The summed E-state index contributed by atoms with van der Waals surface area (Å²) in [5, 5.41) is 9.92. The number of nitrogens with one attached hydrogen (secondary N) is 2. The van der Waals surface area contributed by atoms with Crippen LogP contribution in [0.3, 0.4) is 0 Å². The first-order valence-electron chi connectivity index (χ1n) is 7.26. The van der Waals surface area contributed by atoms with E-state index in [1.807, 2.05) is 13.8 Å². The van der Waals surface area contributed by atoms with E-state index in [0.29, 0.717) is 25.0 Å². The number of aryl methyl sites for hydroxylation is 2. The second-order valence-electron chi connectivity index (χ2n) is 5.81. The maximum absolute atomic E-state index is 12.2. The third-order valence-electron chi connectivity index (χ3n) is 4.18. The van der Waals surface area contributed by atoms with Crippen molar-refractivity contribution in [1.29, 1.82) is 0 Å². The predicted octanol–water partition coefficient (Wildman–Crippen LogP) is 1.02. The summed E-state index contributed by atoms with van der Waals surface area (Å²) in [5.74, 6) is 0.526. The Labute approximate surface area is 120 Å². The highest BCUT2D eigenvalue weighted by Gasteiger charge is 2.26. The smallest absolute Gasteiger partial charge is 0.238 e. The van der Waals surface area contributed by atoms with Gasteiger partial charge < -0.3 is 11.1 Å². The second kappa shape index (κ2) is 6.37. The highest BCUT2D eigenvalue weighted by atomic mass is 16.2. The van der Waals surface area contributed by atoms with Gasteiger partial charge in [0, 0.05) is 12.6 Å². The van der Waals surface area contributed by atoms with Gasteiger partial charge in [-0.3, -0.25) is 14.8 Å². The molecule has 6 heteroatoms. The lowest BCUT2D eigenvalue weighted by Crippen LogP contribution is -2.47. The van der Waals surface area contributed by atoms with Crippen LogP contribution in [0.5, 0.6) is 0 Å². The van der Waals surface area contributed by atoms with Gasteiger partial charge in [-0.15, -0.1) is 0 Å². The Morgan fingerprint density at radius 2 is 2.25 bits per heavy atom. The number of aromatic amines is 1. The van der Waals surface area contributed by atoms with Gasteiger partial charge in [0.15, 0.2) is 0 Å². The monoisotopic (exact) mass is 279 g/mol. The van der Waals surface area contributed by atoms with Crippen LogP contribution in [0.25, 0.3) is 0 Å². The minimum Gasteiger partial charge on any atom is -0.330 e. The van der Waals surface area contributed by atoms with E-state index < -0.39 is 0 Å². The molecule has 1 saturated heterocycles. The van der Waals surface area contributed by atoms with Gasteiger partial charge in [0.25, 0.3) is 0 Å². The third kappa shape index (κ3) is 3.37. The SMILES string of the molecule is Cc1n[nH]c(C)c1NC(=O)CN1CC(CN)CCC1C. The van der Waals surface area contributed by atoms with Gasteiger partial charge in [-0.25, -0.2) is 0 Å². The van der Waals surface area contributed by atoms with Crippen LogP contribution in [0.1, 0.15) is 31.2 Å². The largest absolute Gasteiger partial charge is 0.330 e. The number of likely N-dealkylation sites (tertiary alicyclic amines) is 1. The van der Waals surface area contributed by atoms with Crippen molar-refractivity contribution in [2.45, 2.75) is 39.7 Å². The number of nitrogens with two attached hydrogens (primary N) is 1. The lowest BCUT2D eigenvalue weighted by Gasteiger charge is -2.37. The van der Waals surface area contributed by atoms with Crippen molar-refractivity contribution in [1.82, 2.24) is 15.1 Å². The average Bonchev–Trinajstić information content (AvgIpc) is 2.73. The van der Waals surface area contributed by atoms with E-state index in [4.69, 9.17) is 5.73 Å². The number of H-pyrrole nitrogens is 1. The molecule has 1 amide bonds. The maximum atomic E-state index is 12.2. The molecule has 112 valence electrons. The highest BCUT2D eigenvalue weighted by Crippen LogP contribution is 2.21. The van der Waals surface area contributed by atoms with Crippen molar-refractivity contribution < 1.29 is 4.79 Å². The standard InChI is InChI=1S/C14H25N5O/c1-9-4-5-12(6-15)7-19(9)8-13(20)16-14-10(2)17-18-11(14)3/h9,12H,4-8,15H2,1-3H3,(H,16,20)(H,17,18). The second-order valence-corrected chi connectivity index (χ2v) is 5.81. The first-order valence-corrected chi connectivity index (χ1v) is 7.26. The van der Waals surface area contributed by atoms with Crippen molar-refractivity contribution in [2.75, 3.05) is 25.0 Å². The van der Waals surface area contributed by atoms with Crippen LogP contribution in [0.2, 0.25) is 0 Å². The molecule has 0 saturated carbocycles. The summed E-state index contributed by atoms with van der Waals surface area (Å²) >= 11 is 0. The normalized spacial score (nSPS) is 23.8. The van der Waals surface area contributed by atoms with Gasteiger partial charge in [0.1, 0.15) is 0 Å². The fraction of sp³-hybridized carbons (Fsp3) is 0.714. The highest BCUT2D eigenvalue weighted by molar-refractivity contribution is 5.93. The number of hydrogen-bond acceptors (Lipinski definition) is 4. The number of amides is 1. The zero-order valence-electron chi connectivity index (χ0n) is 12.6. The van der Waals surface area contributed by atoms with Crippen LogP contribution in [0.4, 0.5) is 5.69 Å². The Morgan fingerprint density at radius 1 is 1.50 bits per heavy atom. The molecule has 1 aliphatic rings. The number of anilines is 1. The Kier molecular flexibility index (Phi) is 4.77. The molecule has 1 fully saturated rings. The molecule has 20 heavy (non-hydrogen) atoms. The Balaban J connectivity index is 1.93. The molecule has 0 bridgehead atoms. The molecule has 1 aromatic rings. The molecule has 2 atom stereocenters. The summed E-state index contributed by atoms with van der Waals surface area (Å²) in [4.78, 5) is 14.4. The molecule has 4 N–H and O–H groups in total. The number of carbonyl (C=O) groups is 1. The van der Waals surface area contributed by atoms with Gasteiger partial charge >= 0.3 is 0 Å². The molecule has 1 aromatic heterocycles. The first-order chi connectivity index (χ1) is 9.51. The molecule has 0 radical (unpaired) electrons. The van der Waals surface area contributed by atoms with Crippen molar-refractivity contribution >= 4 is 11.6 Å². The van der Waals surface area contributed by atoms with E-state index in [9.17, 15) is 4.79 Å². The fourth-order valence-corrected chi connectivity index (χ4v) is 2.77. The van der Waals surface area contributed by atoms with Crippen LogP contribution in [0, 0.1) is 19.8 Å². The van der Waals surface area contributed by atoms with Gasteiger partial charge in [-0.05, 0) is 46.1 Å². The molecular formula is C14H25N5O. The Bertz CT molecular complexity index is 451. The molecule has 0 aromatic carbocycles. The number of carbonyl (C=O) groups excluding carboxylic acids is 1. The summed E-state index contributed by atoms with van der Waals surface area (Å²) in [6.07, 6.45) is 2.27. The molecule has 2 heterocycles. The van der Waals surface area contributed by atoms with Gasteiger partial charge in [-0.2, -0.15) is 5.10 Å². The summed E-state index contributed by atoms with van der Waals surface area (Å²) < 4.78 is 0. The van der Waals surface area contributed by atoms with Crippen molar-refractivity contribution in [3.8, 4) is 0 Å². The first kappa shape index (κ1) is 15.0. The number of nitrogens with zero attached hydrogens (tertiary/aromatic N) is 2. The zero-order chi connectivity index (χ0) is 14.7. The van der Waals surface area contributed by atoms with E-state index >= 15 is 0 Å². The average molecular weight is 279 g/mol. The lowest BCUT2D eigenvalue weighted by atomic mass is 9.93. The van der Waals surface area contributed by atoms with Crippen LogP contribution >= 0.6 is 0 Å². The lowest BCUT2D eigenvalue weighted by molar-refractivity contribution is -0.118. The van der Waals surface area contributed by atoms with E-state index in [1.54, 1.807) is 0 Å². The number of aromatic nitrogens is 2. The van der Waals surface area contributed by atoms with Crippen LogP contribution in [0.15, 0.2) is 0 Å². The van der Waals surface area contributed by atoms with E-state index in [0.717, 1.165) is 36.5 Å². The minimum absolute atomic E-state index is 0.0159. The topological polar surface area (TPSA) is 87.0 Å². The van der Waals surface area contributed by atoms with Crippen LogP contribution in [-0.4, -0.2) is 46.7 Å². The Hall–Kier alpha value is -1.40. The maximum Gasteiger partial charge on any atom is 0.238 e.